The Bertz CT molecular complexity index is 1140. The topological polar surface area (TPSA) is 63.7 Å². The van der Waals surface area contributed by atoms with Crippen molar-refractivity contribution in [3.8, 4) is 16.9 Å². The fraction of sp³-hybridized carbons (Fsp3) is 0.136. The Morgan fingerprint density at radius 1 is 0.964 bits per heavy atom. The first kappa shape index (κ1) is 18.3. The van der Waals surface area contributed by atoms with E-state index < -0.39 is 10.1 Å². The van der Waals surface area contributed by atoms with E-state index in [1.807, 2.05) is 42.5 Å². The molecule has 0 saturated carbocycles. The van der Waals surface area contributed by atoms with E-state index in [1.54, 1.807) is 29.2 Å². The number of hydrogen-bond donors (Lipinski definition) is 0. The van der Waals surface area contributed by atoms with Gasteiger partial charge in [-0.05, 0) is 41.8 Å². The molecule has 4 rings (SSSR count). The van der Waals surface area contributed by atoms with E-state index in [2.05, 4.69) is 0 Å². The van der Waals surface area contributed by atoms with Crippen molar-refractivity contribution in [2.24, 2.45) is 0 Å². The lowest BCUT2D eigenvalue weighted by Gasteiger charge is -2.15. The first-order valence-electron chi connectivity index (χ1n) is 8.96. The van der Waals surface area contributed by atoms with Crippen LogP contribution in [0.4, 0.5) is 5.69 Å². The number of carbonyl (C=O) groups excluding carboxylic acids is 1. The van der Waals surface area contributed by atoms with E-state index >= 15 is 0 Å². The van der Waals surface area contributed by atoms with Crippen molar-refractivity contribution < 1.29 is 17.4 Å². The molecule has 0 spiro atoms. The van der Waals surface area contributed by atoms with E-state index in [1.165, 1.54) is 13.0 Å². The molecule has 0 bridgehead atoms. The summed E-state index contributed by atoms with van der Waals surface area (Å²) in [6.07, 6.45) is 0.624. The van der Waals surface area contributed by atoms with Gasteiger partial charge in [0.15, 0.2) is 5.75 Å². The summed E-state index contributed by atoms with van der Waals surface area (Å²) in [5.41, 5.74) is 3.17. The predicted octanol–water partition coefficient (Wildman–Crippen LogP) is 4.03. The maximum atomic E-state index is 12.9. The minimum atomic E-state index is -4.01. The summed E-state index contributed by atoms with van der Waals surface area (Å²) < 4.78 is 31.3. The van der Waals surface area contributed by atoms with Gasteiger partial charge < -0.3 is 9.08 Å². The summed E-state index contributed by atoms with van der Waals surface area (Å²) >= 11 is 0. The van der Waals surface area contributed by atoms with E-state index in [4.69, 9.17) is 4.18 Å². The van der Waals surface area contributed by atoms with Crippen LogP contribution in [0.3, 0.4) is 0 Å². The molecule has 3 aromatic carbocycles. The molecule has 1 amide bonds. The SMILES string of the molecule is CC(=O)N1CCc2cc(S(=O)(=O)Oc3ccccc3-c3ccccc3)ccc21. The van der Waals surface area contributed by atoms with Crippen LogP contribution in [0.25, 0.3) is 11.1 Å². The molecule has 0 aromatic heterocycles. The highest BCUT2D eigenvalue weighted by atomic mass is 32.2. The minimum absolute atomic E-state index is 0.0533. The molecule has 0 aliphatic carbocycles. The maximum absolute atomic E-state index is 12.9. The highest BCUT2D eigenvalue weighted by molar-refractivity contribution is 7.87. The molecule has 6 heteroatoms. The Morgan fingerprint density at radius 2 is 1.68 bits per heavy atom. The molecular formula is C22H19NO4S. The number of amides is 1. The van der Waals surface area contributed by atoms with Gasteiger partial charge in [0.25, 0.3) is 0 Å². The summed E-state index contributed by atoms with van der Waals surface area (Å²) in [5, 5.41) is 0. The Kier molecular flexibility index (Phi) is 4.65. The number of anilines is 1. The van der Waals surface area contributed by atoms with E-state index in [0.717, 1.165) is 16.8 Å². The van der Waals surface area contributed by atoms with Crippen molar-refractivity contribution in [1.82, 2.24) is 0 Å². The molecule has 0 fully saturated rings. The number of fused-ring (bicyclic) bond motifs is 1. The van der Waals surface area contributed by atoms with E-state index in [0.29, 0.717) is 18.5 Å². The smallest absolute Gasteiger partial charge is 0.339 e. The average Bonchev–Trinajstić information content (AvgIpc) is 3.12. The Morgan fingerprint density at radius 3 is 2.43 bits per heavy atom. The molecular weight excluding hydrogens is 374 g/mol. The van der Waals surface area contributed by atoms with Crippen molar-refractivity contribution in [3.63, 3.8) is 0 Å². The van der Waals surface area contributed by atoms with Gasteiger partial charge in [0.2, 0.25) is 5.91 Å². The molecule has 0 atom stereocenters. The lowest BCUT2D eigenvalue weighted by molar-refractivity contribution is -0.116. The van der Waals surface area contributed by atoms with Gasteiger partial charge in [0.1, 0.15) is 4.90 Å². The Balaban J connectivity index is 1.68. The van der Waals surface area contributed by atoms with Crippen LogP contribution in [0, 0.1) is 0 Å². The number of para-hydroxylation sites is 1. The van der Waals surface area contributed by atoms with Crippen molar-refractivity contribution in [1.29, 1.82) is 0 Å². The summed E-state index contributed by atoms with van der Waals surface area (Å²) in [4.78, 5) is 13.4. The summed E-state index contributed by atoms with van der Waals surface area (Å²) in [6, 6.07) is 21.3. The zero-order valence-corrected chi connectivity index (χ0v) is 16.1. The fourth-order valence-electron chi connectivity index (χ4n) is 3.42. The van der Waals surface area contributed by atoms with Gasteiger partial charge in [-0.1, -0.05) is 48.5 Å². The molecule has 0 N–H and O–H groups in total. The third-order valence-electron chi connectivity index (χ3n) is 4.79. The van der Waals surface area contributed by atoms with Gasteiger partial charge in [-0.25, -0.2) is 0 Å². The normalized spacial score (nSPS) is 13.2. The maximum Gasteiger partial charge on any atom is 0.339 e. The molecule has 1 aliphatic rings. The molecule has 1 aliphatic heterocycles. The van der Waals surface area contributed by atoms with Gasteiger partial charge in [0, 0.05) is 24.7 Å². The quantitative estimate of drug-likeness (QED) is 0.628. The standard InChI is InChI=1S/C22H19NO4S/c1-16(24)23-14-13-18-15-19(11-12-21(18)23)28(25,26)27-22-10-6-5-9-20(22)17-7-3-2-4-8-17/h2-12,15H,13-14H2,1H3. The molecule has 28 heavy (non-hydrogen) atoms. The van der Waals surface area contributed by atoms with Crippen LogP contribution in [0.2, 0.25) is 0 Å². The Hall–Kier alpha value is -3.12. The lowest BCUT2D eigenvalue weighted by Crippen LogP contribution is -2.25. The Labute approximate surface area is 164 Å². The third-order valence-corrected chi connectivity index (χ3v) is 6.02. The molecule has 3 aromatic rings. The lowest BCUT2D eigenvalue weighted by atomic mass is 10.1. The second-order valence-electron chi connectivity index (χ2n) is 6.61. The summed E-state index contributed by atoms with van der Waals surface area (Å²) in [5.74, 6) is 0.224. The van der Waals surface area contributed by atoms with Crippen LogP contribution in [0.15, 0.2) is 77.7 Å². The predicted molar refractivity (Wildman–Crippen MR) is 108 cm³/mol. The second kappa shape index (κ2) is 7.13. The number of rotatable bonds is 4. The molecule has 0 radical (unpaired) electrons. The first-order chi connectivity index (χ1) is 13.5. The van der Waals surface area contributed by atoms with Gasteiger partial charge in [0.05, 0.1) is 0 Å². The monoisotopic (exact) mass is 393 g/mol. The van der Waals surface area contributed by atoms with Crippen molar-refractivity contribution >= 4 is 21.7 Å². The van der Waals surface area contributed by atoms with E-state index in [-0.39, 0.29) is 16.6 Å². The average molecular weight is 393 g/mol. The van der Waals surface area contributed by atoms with Crippen molar-refractivity contribution in [2.75, 3.05) is 11.4 Å². The number of carbonyl (C=O) groups is 1. The molecule has 0 unspecified atom stereocenters. The molecule has 5 nitrogen and oxygen atoms in total. The molecule has 142 valence electrons. The summed E-state index contributed by atoms with van der Waals surface area (Å²) in [7, 11) is -4.01. The molecule has 0 saturated heterocycles. The summed E-state index contributed by atoms with van der Waals surface area (Å²) in [6.45, 7) is 2.06. The zero-order chi connectivity index (χ0) is 19.7. The largest absolute Gasteiger partial charge is 0.378 e. The second-order valence-corrected chi connectivity index (χ2v) is 8.16. The fourth-order valence-corrected chi connectivity index (χ4v) is 4.42. The van der Waals surface area contributed by atoms with Crippen LogP contribution in [-0.2, 0) is 21.3 Å². The number of hydrogen-bond acceptors (Lipinski definition) is 4. The first-order valence-corrected chi connectivity index (χ1v) is 10.4. The van der Waals surface area contributed by atoms with Crippen LogP contribution in [0.1, 0.15) is 12.5 Å². The van der Waals surface area contributed by atoms with Crippen LogP contribution < -0.4 is 9.08 Å². The minimum Gasteiger partial charge on any atom is -0.378 e. The third kappa shape index (κ3) is 3.39. The highest BCUT2D eigenvalue weighted by Gasteiger charge is 2.26. The van der Waals surface area contributed by atoms with Gasteiger partial charge in [-0.2, -0.15) is 8.42 Å². The van der Waals surface area contributed by atoms with Gasteiger partial charge in [-0.15, -0.1) is 0 Å². The number of nitrogens with zero attached hydrogens (tertiary/aromatic N) is 1. The highest BCUT2D eigenvalue weighted by Crippen LogP contribution is 2.34. The van der Waals surface area contributed by atoms with E-state index in [9.17, 15) is 13.2 Å². The zero-order valence-electron chi connectivity index (χ0n) is 15.3. The molecule has 1 heterocycles. The number of benzene rings is 3. The van der Waals surface area contributed by atoms with Crippen molar-refractivity contribution in [3.05, 3.63) is 78.4 Å². The van der Waals surface area contributed by atoms with Crippen LogP contribution in [-0.4, -0.2) is 20.9 Å². The van der Waals surface area contributed by atoms with Crippen molar-refractivity contribution in [2.45, 2.75) is 18.2 Å². The van der Waals surface area contributed by atoms with Gasteiger partial charge in [-0.3, -0.25) is 4.79 Å². The van der Waals surface area contributed by atoms with Crippen LogP contribution in [0.5, 0.6) is 5.75 Å². The van der Waals surface area contributed by atoms with Crippen LogP contribution >= 0.6 is 0 Å². The van der Waals surface area contributed by atoms with Gasteiger partial charge >= 0.3 is 10.1 Å².